The fourth-order valence-electron chi connectivity index (χ4n) is 2.89. The average molecular weight is 305 g/mol. The Balaban J connectivity index is 1.89. The van der Waals surface area contributed by atoms with Crippen molar-refractivity contribution in [2.75, 3.05) is 5.32 Å². The van der Waals surface area contributed by atoms with Gasteiger partial charge in [-0.15, -0.1) is 0 Å². The zero-order chi connectivity index (χ0) is 16.0. The molecule has 22 heavy (non-hydrogen) atoms. The zero-order valence-corrected chi connectivity index (χ0v) is 13.6. The van der Waals surface area contributed by atoms with Gasteiger partial charge in [0.05, 0.1) is 24.7 Å². The number of hydrogen-bond acceptors (Lipinski definition) is 3. The highest BCUT2D eigenvalue weighted by atomic mass is 16.5. The van der Waals surface area contributed by atoms with Crippen LogP contribution in [-0.2, 0) is 16.1 Å². The summed E-state index contributed by atoms with van der Waals surface area (Å²) in [5, 5.41) is 13.3. The van der Waals surface area contributed by atoms with Crippen LogP contribution in [0.1, 0.15) is 57.9 Å². The molecule has 1 aliphatic rings. The summed E-state index contributed by atoms with van der Waals surface area (Å²) in [6.45, 7) is 4.53. The molecule has 1 aromatic rings. The Labute approximate surface area is 132 Å². The van der Waals surface area contributed by atoms with E-state index in [0.717, 1.165) is 43.4 Å². The third kappa shape index (κ3) is 5.43. The lowest BCUT2D eigenvalue weighted by molar-refractivity contribution is -0.122. The van der Waals surface area contributed by atoms with Crippen LogP contribution in [0, 0.1) is 0 Å². The summed E-state index contributed by atoms with van der Waals surface area (Å²) in [7, 11) is 0. The number of amides is 1. The van der Waals surface area contributed by atoms with Gasteiger partial charge in [-0.3, -0.25) is 4.79 Å². The standard InChI is InChI=1S/C18H27NO3/c1-14(2)22-13-15-7-6-8-16(11-15)19-17(20)12-18(21)9-4-3-5-10-18/h6-8,11,14,21H,3-5,9-10,12-13H2,1-2H3,(H,19,20). The molecule has 0 atom stereocenters. The molecule has 2 rings (SSSR count). The maximum Gasteiger partial charge on any atom is 0.227 e. The summed E-state index contributed by atoms with van der Waals surface area (Å²) in [6.07, 6.45) is 4.98. The second-order valence-electron chi connectivity index (χ2n) is 6.57. The molecule has 4 nitrogen and oxygen atoms in total. The molecule has 1 saturated carbocycles. The van der Waals surface area contributed by atoms with E-state index in [1.807, 2.05) is 38.1 Å². The summed E-state index contributed by atoms with van der Waals surface area (Å²) in [5.74, 6) is -0.119. The van der Waals surface area contributed by atoms with Crippen molar-refractivity contribution in [3.63, 3.8) is 0 Å². The number of carbonyl (C=O) groups is 1. The van der Waals surface area contributed by atoms with Crippen molar-refractivity contribution in [3.8, 4) is 0 Å². The molecule has 0 aromatic heterocycles. The number of aliphatic hydroxyl groups is 1. The van der Waals surface area contributed by atoms with E-state index >= 15 is 0 Å². The maximum atomic E-state index is 12.2. The van der Waals surface area contributed by atoms with Crippen molar-refractivity contribution in [3.05, 3.63) is 29.8 Å². The summed E-state index contributed by atoms with van der Waals surface area (Å²) >= 11 is 0. The van der Waals surface area contributed by atoms with Crippen LogP contribution in [0.5, 0.6) is 0 Å². The number of ether oxygens (including phenoxy) is 1. The first-order valence-electron chi connectivity index (χ1n) is 8.20. The first-order chi connectivity index (χ1) is 10.5. The second kappa shape index (κ2) is 7.75. The Hall–Kier alpha value is -1.39. The lowest BCUT2D eigenvalue weighted by atomic mass is 9.82. The minimum Gasteiger partial charge on any atom is -0.389 e. The van der Waals surface area contributed by atoms with Crippen LogP contribution < -0.4 is 5.32 Å². The molecule has 4 heteroatoms. The van der Waals surface area contributed by atoms with Crippen molar-refractivity contribution in [2.24, 2.45) is 0 Å². The number of anilines is 1. The number of carbonyl (C=O) groups excluding carboxylic acids is 1. The number of rotatable bonds is 6. The van der Waals surface area contributed by atoms with E-state index in [0.29, 0.717) is 6.61 Å². The van der Waals surface area contributed by atoms with Gasteiger partial charge in [-0.1, -0.05) is 31.4 Å². The highest BCUT2D eigenvalue weighted by Crippen LogP contribution is 2.31. The highest BCUT2D eigenvalue weighted by molar-refractivity contribution is 5.91. The third-order valence-corrected chi connectivity index (χ3v) is 4.07. The van der Waals surface area contributed by atoms with E-state index in [9.17, 15) is 9.90 Å². The van der Waals surface area contributed by atoms with Crippen molar-refractivity contribution in [2.45, 2.75) is 70.7 Å². The van der Waals surface area contributed by atoms with Gasteiger partial charge in [0.25, 0.3) is 0 Å². The van der Waals surface area contributed by atoms with Gasteiger partial charge in [0.15, 0.2) is 0 Å². The van der Waals surface area contributed by atoms with Crippen molar-refractivity contribution in [1.82, 2.24) is 0 Å². The van der Waals surface area contributed by atoms with E-state index in [1.54, 1.807) is 0 Å². The molecule has 0 radical (unpaired) electrons. The van der Waals surface area contributed by atoms with Crippen LogP contribution in [0.2, 0.25) is 0 Å². The third-order valence-electron chi connectivity index (χ3n) is 4.07. The van der Waals surface area contributed by atoms with Crippen LogP contribution in [0.25, 0.3) is 0 Å². The summed E-state index contributed by atoms with van der Waals surface area (Å²) in [4.78, 5) is 12.2. The van der Waals surface area contributed by atoms with Crippen LogP contribution >= 0.6 is 0 Å². The van der Waals surface area contributed by atoms with Crippen molar-refractivity contribution in [1.29, 1.82) is 0 Å². The van der Waals surface area contributed by atoms with Gasteiger partial charge in [-0.2, -0.15) is 0 Å². The average Bonchev–Trinajstić information content (AvgIpc) is 2.45. The molecular formula is C18H27NO3. The van der Waals surface area contributed by atoms with E-state index in [4.69, 9.17) is 4.74 Å². The lowest BCUT2D eigenvalue weighted by Crippen LogP contribution is -2.35. The molecule has 2 N–H and O–H groups in total. The van der Waals surface area contributed by atoms with Gasteiger partial charge in [-0.25, -0.2) is 0 Å². The SMILES string of the molecule is CC(C)OCc1cccc(NC(=O)CC2(O)CCCCC2)c1. The second-order valence-corrected chi connectivity index (χ2v) is 6.57. The van der Waals surface area contributed by atoms with Crippen LogP contribution in [0.4, 0.5) is 5.69 Å². The van der Waals surface area contributed by atoms with Crippen molar-refractivity contribution >= 4 is 11.6 Å². The van der Waals surface area contributed by atoms with Gasteiger partial charge in [-0.05, 0) is 44.4 Å². The van der Waals surface area contributed by atoms with Gasteiger partial charge < -0.3 is 15.2 Å². The van der Waals surface area contributed by atoms with E-state index in [2.05, 4.69) is 5.32 Å². The molecule has 1 fully saturated rings. The first-order valence-corrected chi connectivity index (χ1v) is 8.20. The Morgan fingerprint density at radius 2 is 2.05 bits per heavy atom. The van der Waals surface area contributed by atoms with E-state index < -0.39 is 5.60 Å². The van der Waals surface area contributed by atoms with E-state index in [-0.39, 0.29) is 18.4 Å². The van der Waals surface area contributed by atoms with Crippen LogP contribution in [0.15, 0.2) is 24.3 Å². The fourth-order valence-corrected chi connectivity index (χ4v) is 2.89. The largest absolute Gasteiger partial charge is 0.389 e. The quantitative estimate of drug-likeness (QED) is 0.843. The van der Waals surface area contributed by atoms with Gasteiger partial charge in [0, 0.05) is 5.69 Å². The molecule has 1 amide bonds. The first kappa shape index (κ1) is 17.0. The maximum absolute atomic E-state index is 12.2. The Morgan fingerprint density at radius 1 is 1.32 bits per heavy atom. The fraction of sp³-hybridized carbons (Fsp3) is 0.611. The predicted molar refractivity (Wildman–Crippen MR) is 87.6 cm³/mol. The Morgan fingerprint density at radius 3 is 2.73 bits per heavy atom. The highest BCUT2D eigenvalue weighted by Gasteiger charge is 2.31. The van der Waals surface area contributed by atoms with Gasteiger partial charge >= 0.3 is 0 Å². The Kier molecular flexibility index (Phi) is 5.98. The minimum atomic E-state index is -0.819. The molecular weight excluding hydrogens is 278 g/mol. The van der Waals surface area contributed by atoms with Gasteiger partial charge in [0.2, 0.25) is 5.91 Å². The minimum absolute atomic E-state index is 0.119. The number of nitrogens with one attached hydrogen (secondary N) is 1. The molecule has 0 bridgehead atoms. The molecule has 0 unspecified atom stereocenters. The molecule has 0 aliphatic heterocycles. The molecule has 122 valence electrons. The van der Waals surface area contributed by atoms with E-state index in [1.165, 1.54) is 0 Å². The van der Waals surface area contributed by atoms with Crippen LogP contribution in [-0.4, -0.2) is 22.7 Å². The summed E-state index contributed by atoms with van der Waals surface area (Å²) in [5.41, 5.74) is 0.970. The number of benzene rings is 1. The predicted octanol–water partition coefficient (Wildman–Crippen LogP) is 3.64. The molecule has 0 saturated heterocycles. The molecule has 0 spiro atoms. The summed E-state index contributed by atoms with van der Waals surface area (Å²) in [6, 6.07) is 7.67. The molecule has 1 aliphatic carbocycles. The summed E-state index contributed by atoms with van der Waals surface area (Å²) < 4.78 is 5.57. The Bertz CT molecular complexity index is 493. The van der Waals surface area contributed by atoms with Crippen LogP contribution in [0.3, 0.4) is 0 Å². The zero-order valence-electron chi connectivity index (χ0n) is 13.6. The molecule has 0 heterocycles. The topological polar surface area (TPSA) is 58.6 Å². The smallest absolute Gasteiger partial charge is 0.227 e. The van der Waals surface area contributed by atoms with Gasteiger partial charge in [0.1, 0.15) is 0 Å². The van der Waals surface area contributed by atoms with Crippen molar-refractivity contribution < 1.29 is 14.6 Å². The normalized spacial score (nSPS) is 17.5. The lowest BCUT2D eigenvalue weighted by Gasteiger charge is -2.31. The monoisotopic (exact) mass is 305 g/mol. The molecule has 1 aromatic carbocycles. The number of hydrogen-bond donors (Lipinski definition) is 2.